The van der Waals surface area contributed by atoms with Crippen LogP contribution >= 0.6 is 0 Å². The molecule has 0 fully saturated rings. The number of rotatable bonds is 20. The van der Waals surface area contributed by atoms with Gasteiger partial charge < -0.3 is 28.8 Å². The second-order valence-electron chi connectivity index (χ2n) is 10.7. The van der Waals surface area contributed by atoms with E-state index in [1.54, 1.807) is 0 Å². The molecule has 0 aliphatic carbocycles. The molecular formula is C30H62N2O4. The van der Waals surface area contributed by atoms with Crippen molar-refractivity contribution >= 4 is 11.9 Å². The van der Waals surface area contributed by atoms with Crippen LogP contribution in [0, 0.1) is 0 Å². The molecule has 0 unspecified atom stereocenters. The highest BCUT2D eigenvalue weighted by atomic mass is 16.4. The van der Waals surface area contributed by atoms with Crippen molar-refractivity contribution in [3.63, 3.8) is 0 Å². The molecule has 0 rings (SSSR count). The molecule has 0 aliphatic heterocycles. The largest absolute Gasteiger partial charge is 0.545 e. The summed E-state index contributed by atoms with van der Waals surface area (Å²) < 4.78 is 2.63. The average Bonchev–Trinajstić information content (AvgIpc) is 2.86. The zero-order valence-corrected chi connectivity index (χ0v) is 25.4. The van der Waals surface area contributed by atoms with Crippen molar-refractivity contribution in [2.45, 2.75) is 119 Å². The monoisotopic (exact) mass is 514 g/mol. The number of hydrogen-bond donors (Lipinski definition) is 0. The lowest BCUT2D eigenvalue weighted by Crippen LogP contribution is -2.46. The van der Waals surface area contributed by atoms with Crippen molar-refractivity contribution in [3.05, 3.63) is 12.2 Å². The summed E-state index contributed by atoms with van der Waals surface area (Å²) in [6.07, 6.45) is 17.2. The van der Waals surface area contributed by atoms with E-state index in [9.17, 15) is 19.8 Å². The van der Waals surface area contributed by atoms with Crippen LogP contribution in [0.1, 0.15) is 119 Å². The summed E-state index contributed by atoms with van der Waals surface area (Å²) >= 11 is 0. The van der Waals surface area contributed by atoms with Gasteiger partial charge in [-0.3, -0.25) is 0 Å². The lowest BCUT2D eigenvalue weighted by molar-refractivity contribution is -0.910. The Bertz CT molecular complexity index is 445. The number of carbonyl (C=O) groups excluding carboxylic acids is 2. The van der Waals surface area contributed by atoms with Crippen LogP contribution < -0.4 is 10.2 Å². The fraction of sp³-hybridized carbons (Fsp3) is 0.867. The summed E-state index contributed by atoms with van der Waals surface area (Å²) in [7, 11) is 4.89. The Kier molecular flexibility index (Phi) is 29.0. The Labute approximate surface area is 224 Å². The Hall–Kier alpha value is -1.40. The third-order valence-electron chi connectivity index (χ3n) is 6.66. The van der Waals surface area contributed by atoms with Crippen LogP contribution in [0.5, 0.6) is 0 Å². The van der Waals surface area contributed by atoms with Gasteiger partial charge >= 0.3 is 0 Å². The third kappa shape index (κ3) is 28.8. The molecule has 0 N–H and O–H groups in total. The molecule has 0 atom stereocenters. The van der Waals surface area contributed by atoms with Gasteiger partial charge in [0, 0.05) is 0 Å². The van der Waals surface area contributed by atoms with E-state index in [4.69, 9.17) is 0 Å². The van der Waals surface area contributed by atoms with Gasteiger partial charge in [0.25, 0.3) is 0 Å². The molecule has 0 radical (unpaired) electrons. The molecule has 0 aromatic heterocycles. The average molecular weight is 515 g/mol. The van der Waals surface area contributed by atoms with Gasteiger partial charge in [0.2, 0.25) is 0 Å². The van der Waals surface area contributed by atoms with Gasteiger partial charge in [-0.25, -0.2) is 0 Å². The molecule has 0 saturated heterocycles. The van der Waals surface area contributed by atoms with Crippen LogP contribution in [0.15, 0.2) is 12.2 Å². The van der Waals surface area contributed by atoms with Gasteiger partial charge in [0.15, 0.2) is 0 Å². The zero-order chi connectivity index (χ0) is 28.3. The van der Waals surface area contributed by atoms with E-state index in [0.717, 1.165) is 0 Å². The van der Waals surface area contributed by atoms with E-state index in [1.807, 2.05) is 0 Å². The normalized spacial score (nSPS) is 11.4. The number of aliphatic carboxylic acids is 2. The fourth-order valence-corrected chi connectivity index (χ4v) is 4.05. The Morgan fingerprint density at radius 2 is 0.639 bits per heavy atom. The minimum absolute atomic E-state index is 0.384. The molecular weight excluding hydrogens is 452 g/mol. The first-order valence-electron chi connectivity index (χ1n) is 14.8. The molecule has 0 saturated carbocycles. The SMILES string of the molecule is CCCC[N+](C)(CCCC)CCCC.CCCC[N+](C)(CCCC)CCCC.O=C([O-])/C=C\C(=O)[O-]. The van der Waals surface area contributed by atoms with E-state index in [0.29, 0.717) is 12.2 Å². The van der Waals surface area contributed by atoms with E-state index in [1.165, 1.54) is 125 Å². The lowest BCUT2D eigenvalue weighted by atomic mass is 10.2. The smallest absolute Gasteiger partial charge is 0.0784 e. The molecule has 6 nitrogen and oxygen atoms in total. The predicted octanol–water partition coefficient (Wildman–Crippen LogP) is 4.71. The number of carboxylic acids is 2. The van der Waals surface area contributed by atoms with Crippen LogP contribution in [0.4, 0.5) is 0 Å². The van der Waals surface area contributed by atoms with Crippen LogP contribution in [0.3, 0.4) is 0 Å². The quantitative estimate of drug-likeness (QED) is 0.174. The predicted molar refractivity (Wildman–Crippen MR) is 150 cm³/mol. The molecule has 0 spiro atoms. The summed E-state index contributed by atoms with van der Waals surface area (Å²) in [5.41, 5.74) is 0. The number of hydrogen-bond acceptors (Lipinski definition) is 4. The van der Waals surface area contributed by atoms with E-state index in [-0.39, 0.29) is 0 Å². The maximum absolute atomic E-state index is 9.41. The van der Waals surface area contributed by atoms with Gasteiger partial charge in [-0.05, 0) is 50.7 Å². The maximum atomic E-state index is 9.41. The van der Waals surface area contributed by atoms with Crippen molar-refractivity contribution in [1.82, 2.24) is 0 Å². The summed E-state index contributed by atoms with van der Waals surface area (Å²) in [5.74, 6) is -3.09. The zero-order valence-electron chi connectivity index (χ0n) is 25.4. The topological polar surface area (TPSA) is 80.3 Å². The van der Waals surface area contributed by atoms with Crippen molar-refractivity contribution in [3.8, 4) is 0 Å². The van der Waals surface area contributed by atoms with Crippen molar-refractivity contribution in [2.24, 2.45) is 0 Å². The van der Waals surface area contributed by atoms with Crippen molar-refractivity contribution in [2.75, 3.05) is 53.4 Å². The second kappa shape index (κ2) is 26.7. The minimum atomic E-state index is -1.55. The Morgan fingerprint density at radius 1 is 0.472 bits per heavy atom. The number of unbranched alkanes of at least 4 members (excludes halogenated alkanes) is 6. The van der Waals surface area contributed by atoms with Crippen LogP contribution in [-0.4, -0.2) is 74.3 Å². The number of carboxylic acid groups (broad SMARTS) is 2. The van der Waals surface area contributed by atoms with Gasteiger partial charge in [-0.15, -0.1) is 0 Å². The number of quaternary nitrogens is 2. The second-order valence-corrected chi connectivity index (χ2v) is 10.7. The molecule has 0 heterocycles. The van der Waals surface area contributed by atoms with E-state index in [2.05, 4.69) is 55.6 Å². The Balaban J connectivity index is -0.000000472. The van der Waals surface area contributed by atoms with Gasteiger partial charge in [-0.2, -0.15) is 0 Å². The Morgan fingerprint density at radius 3 is 0.750 bits per heavy atom. The molecule has 36 heavy (non-hydrogen) atoms. The fourth-order valence-electron chi connectivity index (χ4n) is 4.05. The highest BCUT2D eigenvalue weighted by molar-refractivity contribution is 5.87. The molecule has 0 aliphatic rings. The van der Waals surface area contributed by atoms with E-state index < -0.39 is 11.9 Å². The highest BCUT2D eigenvalue weighted by Crippen LogP contribution is 2.11. The van der Waals surface area contributed by atoms with Crippen molar-refractivity contribution < 1.29 is 28.8 Å². The molecule has 6 heteroatoms. The maximum Gasteiger partial charge on any atom is 0.0784 e. The number of nitrogens with zero attached hydrogens (tertiary/aromatic N) is 2. The first-order chi connectivity index (χ1) is 17.0. The van der Waals surface area contributed by atoms with Gasteiger partial charge in [0.1, 0.15) is 0 Å². The van der Waals surface area contributed by atoms with Crippen LogP contribution in [0.2, 0.25) is 0 Å². The molecule has 0 aromatic rings. The minimum Gasteiger partial charge on any atom is -0.545 e. The number of carbonyl (C=O) groups is 2. The molecule has 216 valence electrons. The first-order valence-corrected chi connectivity index (χ1v) is 14.8. The van der Waals surface area contributed by atoms with Gasteiger partial charge in [0.05, 0.1) is 65.3 Å². The third-order valence-corrected chi connectivity index (χ3v) is 6.66. The molecule has 0 aromatic carbocycles. The van der Waals surface area contributed by atoms with Gasteiger partial charge in [-0.1, -0.05) is 80.1 Å². The standard InChI is InChI=1S/2C13H30N.C4H4O4/c2*1-5-8-11-14(4,12-9-6-2)13-10-7-3;5-3(6)1-2-4(7)8/h2*5-13H2,1-4H3;1-2H,(H,5,6)(H,7,8)/q2*+1;/p-2/b;;2-1-. The summed E-state index contributed by atoms with van der Waals surface area (Å²) in [5, 5.41) is 18.8. The lowest BCUT2D eigenvalue weighted by Gasteiger charge is -2.34. The first kappa shape index (κ1) is 39.1. The summed E-state index contributed by atoms with van der Waals surface area (Å²) in [6, 6.07) is 0. The highest BCUT2D eigenvalue weighted by Gasteiger charge is 2.19. The van der Waals surface area contributed by atoms with E-state index >= 15 is 0 Å². The summed E-state index contributed by atoms with van der Waals surface area (Å²) in [4.78, 5) is 18.8. The van der Waals surface area contributed by atoms with Crippen molar-refractivity contribution in [1.29, 1.82) is 0 Å². The molecule has 0 amide bonds. The van der Waals surface area contributed by atoms with Crippen LogP contribution in [-0.2, 0) is 9.59 Å². The summed E-state index contributed by atoms with van der Waals surface area (Å²) in [6.45, 7) is 22.1. The van der Waals surface area contributed by atoms with Crippen LogP contribution in [0.25, 0.3) is 0 Å². The molecule has 0 bridgehead atoms.